The Kier molecular flexibility index (Phi) is 4.87. The Morgan fingerprint density at radius 2 is 2.04 bits per heavy atom. The Bertz CT molecular complexity index is 962. The largest absolute Gasteiger partial charge is 0.497 e. The van der Waals surface area contributed by atoms with E-state index in [9.17, 15) is 4.79 Å². The van der Waals surface area contributed by atoms with E-state index < -0.39 is 0 Å². The third-order valence-corrected chi connectivity index (χ3v) is 4.97. The first-order chi connectivity index (χ1) is 13.2. The molecule has 1 saturated heterocycles. The number of methoxy groups -OCH3 is 1. The van der Waals surface area contributed by atoms with Crippen molar-refractivity contribution in [2.75, 3.05) is 20.2 Å². The minimum Gasteiger partial charge on any atom is -0.497 e. The number of carbonyl (C=O) groups is 1. The first-order valence-electron chi connectivity index (χ1n) is 9.15. The number of ether oxygens (including phenoxy) is 1. The molecule has 6 nitrogen and oxygen atoms in total. The first kappa shape index (κ1) is 17.3. The molecule has 1 aromatic carbocycles. The van der Waals surface area contributed by atoms with Crippen molar-refractivity contribution in [1.82, 2.24) is 19.5 Å². The Balaban J connectivity index is 1.45. The van der Waals surface area contributed by atoms with Crippen molar-refractivity contribution >= 4 is 17.6 Å². The second-order valence-electron chi connectivity index (χ2n) is 6.72. The minimum absolute atomic E-state index is 0.0318. The van der Waals surface area contributed by atoms with Gasteiger partial charge in [0.2, 0.25) is 5.91 Å². The molecule has 4 rings (SSSR count). The summed E-state index contributed by atoms with van der Waals surface area (Å²) in [4.78, 5) is 14.5. The molecule has 1 amide bonds. The van der Waals surface area contributed by atoms with Gasteiger partial charge >= 0.3 is 0 Å². The van der Waals surface area contributed by atoms with Gasteiger partial charge in [0.25, 0.3) is 0 Å². The van der Waals surface area contributed by atoms with Crippen LogP contribution >= 0.6 is 0 Å². The molecule has 1 fully saturated rings. The zero-order chi connectivity index (χ0) is 18.6. The maximum absolute atomic E-state index is 12.6. The summed E-state index contributed by atoms with van der Waals surface area (Å²) in [6, 6.07) is 13.5. The van der Waals surface area contributed by atoms with Crippen LogP contribution in [0.15, 0.2) is 54.7 Å². The van der Waals surface area contributed by atoms with Gasteiger partial charge < -0.3 is 9.64 Å². The Labute approximate surface area is 158 Å². The van der Waals surface area contributed by atoms with Crippen LogP contribution in [0, 0.1) is 0 Å². The number of hydrogen-bond acceptors (Lipinski definition) is 4. The standard InChI is InChI=1S/C21H22N4O2/c1-27-18-10-7-16(8-11-18)9-12-20(26)24-13-4-5-17(15-24)21-23-22-19-6-2-3-14-25(19)21/h2-3,6-12,14,17H,4-5,13,15H2,1H3. The third kappa shape index (κ3) is 3.69. The summed E-state index contributed by atoms with van der Waals surface area (Å²) >= 11 is 0. The first-order valence-corrected chi connectivity index (χ1v) is 9.15. The van der Waals surface area contributed by atoms with Gasteiger partial charge in [-0.2, -0.15) is 0 Å². The Hall–Kier alpha value is -3.15. The summed E-state index contributed by atoms with van der Waals surface area (Å²) in [6.07, 6.45) is 7.45. The number of pyridine rings is 1. The second-order valence-corrected chi connectivity index (χ2v) is 6.72. The van der Waals surface area contributed by atoms with E-state index in [-0.39, 0.29) is 11.8 Å². The predicted octanol–water partition coefficient (Wildman–Crippen LogP) is 3.16. The molecule has 6 heteroatoms. The van der Waals surface area contributed by atoms with Crippen LogP contribution < -0.4 is 4.74 Å². The summed E-state index contributed by atoms with van der Waals surface area (Å²) in [7, 11) is 1.64. The molecule has 0 aliphatic carbocycles. The van der Waals surface area contributed by atoms with Gasteiger partial charge in [-0.15, -0.1) is 10.2 Å². The topological polar surface area (TPSA) is 59.7 Å². The van der Waals surface area contributed by atoms with Crippen molar-refractivity contribution in [3.8, 4) is 5.75 Å². The molecule has 27 heavy (non-hydrogen) atoms. The molecule has 3 aromatic rings. The van der Waals surface area contributed by atoms with Crippen LogP contribution in [0.4, 0.5) is 0 Å². The van der Waals surface area contributed by atoms with Crippen molar-refractivity contribution in [3.63, 3.8) is 0 Å². The van der Waals surface area contributed by atoms with E-state index in [1.807, 2.05) is 64.0 Å². The van der Waals surface area contributed by atoms with Crippen LogP contribution in [-0.2, 0) is 4.79 Å². The zero-order valence-electron chi connectivity index (χ0n) is 15.3. The third-order valence-electron chi connectivity index (χ3n) is 4.97. The fourth-order valence-electron chi connectivity index (χ4n) is 3.51. The van der Waals surface area contributed by atoms with Crippen LogP contribution in [0.5, 0.6) is 5.75 Å². The number of fused-ring (bicyclic) bond motifs is 1. The van der Waals surface area contributed by atoms with Gasteiger partial charge in [0.1, 0.15) is 11.6 Å². The smallest absolute Gasteiger partial charge is 0.246 e. The fraction of sp³-hybridized carbons (Fsp3) is 0.286. The number of likely N-dealkylation sites (tertiary alicyclic amines) is 1. The predicted molar refractivity (Wildman–Crippen MR) is 104 cm³/mol. The van der Waals surface area contributed by atoms with E-state index in [0.29, 0.717) is 6.54 Å². The highest BCUT2D eigenvalue weighted by Gasteiger charge is 2.26. The summed E-state index contributed by atoms with van der Waals surface area (Å²) in [5.74, 6) is 1.97. The fourth-order valence-corrected chi connectivity index (χ4v) is 3.51. The highest BCUT2D eigenvalue weighted by Crippen LogP contribution is 2.26. The van der Waals surface area contributed by atoms with E-state index in [1.54, 1.807) is 13.2 Å². The second kappa shape index (κ2) is 7.61. The lowest BCUT2D eigenvalue weighted by atomic mass is 9.97. The average Bonchev–Trinajstić information content (AvgIpc) is 3.16. The molecule has 2 aromatic heterocycles. The summed E-state index contributed by atoms with van der Waals surface area (Å²) in [5, 5.41) is 8.61. The summed E-state index contributed by atoms with van der Waals surface area (Å²) in [5.41, 5.74) is 1.82. The Morgan fingerprint density at radius 1 is 1.19 bits per heavy atom. The number of amides is 1. The molecule has 1 aliphatic rings. The molecule has 138 valence electrons. The monoisotopic (exact) mass is 362 g/mol. The van der Waals surface area contributed by atoms with Crippen LogP contribution in [-0.4, -0.2) is 45.6 Å². The minimum atomic E-state index is 0.0318. The van der Waals surface area contributed by atoms with E-state index in [1.165, 1.54) is 0 Å². The van der Waals surface area contributed by atoms with Gasteiger partial charge in [0.15, 0.2) is 5.65 Å². The van der Waals surface area contributed by atoms with Crippen LogP contribution in [0.3, 0.4) is 0 Å². The van der Waals surface area contributed by atoms with E-state index in [2.05, 4.69) is 10.2 Å². The molecule has 0 N–H and O–H groups in total. The lowest BCUT2D eigenvalue weighted by Crippen LogP contribution is -2.38. The van der Waals surface area contributed by atoms with E-state index in [4.69, 9.17) is 4.74 Å². The van der Waals surface area contributed by atoms with Gasteiger partial charge in [-0.1, -0.05) is 18.2 Å². The maximum atomic E-state index is 12.6. The number of aromatic nitrogens is 3. The normalized spacial score (nSPS) is 17.5. The number of rotatable bonds is 4. The molecular formula is C21H22N4O2. The number of carbonyl (C=O) groups excluding carboxylic acids is 1. The summed E-state index contributed by atoms with van der Waals surface area (Å²) in [6.45, 7) is 1.44. The lowest BCUT2D eigenvalue weighted by molar-refractivity contribution is -0.127. The van der Waals surface area contributed by atoms with E-state index in [0.717, 1.165) is 42.2 Å². The van der Waals surface area contributed by atoms with Gasteiger partial charge in [-0.3, -0.25) is 9.20 Å². The molecule has 3 heterocycles. The quantitative estimate of drug-likeness (QED) is 0.669. The van der Waals surface area contributed by atoms with Crippen molar-refractivity contribution in [1.29, 1.82) is 0 Å². The molecule has 0 spiro atoms. The molecule has 1 aliphatic heterocycles. The molecule has 0 saturated carbocycles. The molecule has 1 atom stereocenters. The van der Waals surface area contributed by atoms with E-state index >= 15 is 0 Å². The van der Waals surface area contributed by atoms with Gasteiger partial charge in [-0.25, -0.2) is 0 Å². The van der Waals surface area contributed by atoms with Crippen molar-refractivity contribution in [3.05, 3.63) is 66.1 Å². The average molecular weight is 362 g/mol. The highest BCUT2D eigenvalue weighted by molar-refractivity contribution is 5.91. The van der Waals surface area contributed by atoms with Gasteiger partial charge in [0, 0.05) is 31.3 Å². The molecule has 0 bridgehead atoms. The van der Waals surface area contributed by atoms with Crippen molar-refractivity contribution in [2.24, 2.45) is 0 Å². The maximum Gasteiger partial charge on any atom is 0.246 e. The Morgan fingerprint density at radius 3 is 2.85 bits per heavy atom. The zero-order valence-corrected chi connectivity index (χ0v) is 15.3. The van der Waals surface area contributed by atoms with Crippen molar-refractivity contribution < 1.29 is 9.53 Å². The lowest BCUT2D eigenvalue weighted by Gasteiger charge is -2.31. The number of piperidine rings is 1. The summed E-state index contributed by atoms with van der Waals surface area (Å²) < 4.78 is 7.18. The van der Waals surface area contributed by atoms with Gasteiger partial charge in [-0.05, 0) is 48.7 Å². The molecular weight excluding hydrogens is 340 g/mol. The number of hydrogen-bond donors (Lipinski definition) is 0. The molecule has 1 unspecified atom stereocenters. The van der Waals surface area contributed by atoms with Crippen LogP contribution in [0.25, 0.3) is 11.7 Å². The molecule has 0 radical (unpaired) electrons. The number of benzene rings is 1. The highest BCUT2D eigenvalue weighted by atomic mass is 16.5. The van der Waals surface area contributed by atoms with Crippen LogP contribution in [0.2, 0.25) is 0 Å². The SMILES string of the molecule is COc1ccc(C=CC(=O)N2CCCC(c3nnc4ccccn34)C2)cc1. The van der Waals surface area contributed by atoms with Gasteiger partial charge in [0.05, 0.1) is 7.11 Å². The number of nitrogens with zero attached hydrogens (tertiary/aromatic N) is 4. The van der Waals surface area contributed by atoms with Crippen molar-refractivity contribution in [2.45, 2.75) is 18.8 Å². The van der Waals surface area contributed by atoms with Crippen LogP contribution in [0.1, 0.15) is 30.1 Å².